The summed E-state index contributed by atoms with van der Waals surface area (Å²) in [5.74, 6) is 0.592. The number of ether oxygens (including phenoxy) is 1. The molecule has 1 atom stereocenters. The summed E-state index contributed by atoms with van der Waals surface area (Å²) in [6.45, 7) is 3.73. The number of rotatable bonds is 6. The highest BCUT2D eigenvalue weighted by molar-refractivity contribution is 6.30. The lowest BCUT2D eigenvalue weighted by molar-refractivity contribution is -0.122. The van der Waals surface area contributed by atoms with Gasteiger partial charge in [0.1, 0.15) is 5.75 Å². The van der Waals surface area contributed by atoms with Crippen LogP contribution >= 0.6 is 11.6 Å². The fourth-order valence-corrected chi connectivity index (χ4v) is 2.48. The molecular weight excluding hydrogens is 354 g/mol. The van der Waals surface area contributed by atoms with E-state index >= 15 is 0 Å². The average molecular weight is 372 g/mol. The Morgan fingerprint density at radius 1 is 1.27 bits per heavy atom. The number of anilines is 1. The first-order chi connectivity index (χ1) is 12.5. The van der Waals surface area contributed by atoms with E-state index in [2.05, 4.69) is 22.4 Å². The zero-order valence-corrected chi connectivity index (χ0v) is 15.2. The van der Waals surface area contributed by atoms with Gasteiger partial charge in [0.05, 0.1) is 0 Å². The number of amides is 1. The van der Waals surface area contributed by atoms with Gasteiger partial charge in [0.2, 0.25) is 0 Å². The lowest BCUT2D eigenvalue weighted by Gasteiger charge is -2.13. The van der Waals surface area contributed by atoms with Crippen LogP contribution in [0.25, 0.3) is 11.5 Å². The number of benzene rings is 2. The lowest BCUT2D eigenvalue weighted by atomic mass is 10.2. The molecule has 3 aromatic rings. The largest absolute Gasteiger partial charge is 0.481 e. The highest BCUT2D eigenvalue weighted by Gasteiger charge is 2.18. The quantitative estimate of drug-likeness (QED) is 0.696. The molecule has 1 heterocycles. The Balaban J connectivity index is 1.62. The monoisotopic (exact) mass is 371 g/mol. The molecule has 2 aromatic carbocycles. The highest BCUT2D eigenvalue weighted by atomic mass is 35.5. The Bertz CT molecular complexity index is 893. The van der Waals surface area contributed by atoms with E-state index in [1.54, 1.807) is 31.2 Å². The van der Waals surface area contributed by atoms with Crippen molar-refractivity contribution in [1.82, 2.24) is 10.1 Å². The fourth-order valence-electron chi connectivity index (χ4n) is 2.29. The summed E-state index contributed by atoms with van der Waals surface area (Å²) < 4.78 is 10.8. The standard InChI is InChI=1S/C19H18ClN3O3/c1-3-13-7-9-16(10-8-13)25-12(2)17(24)21-19-22-18(26-23-19)14-5-4-6-15(20)11-14/h4-12H,3H2,1-2H3,(H,21,23,24)/t12-/m1/s1. The Hall–Kier alpha value is -2.86. The van der Waals surface area contributed by atoms with Crippen molar-refractivity contribution >= 4 is 23.5 Å². The van der Waals surface area contributed by atoms with Crippen LogP contribution in [0.15, 0.2) is 53.1 Å². The molecule has 0 aliphatic heterocycles. The number of hydrogen-bond acceptors (Lipinski definition) is 5. The van der Waals surface area contributed by atoms with Crippen LogP contribution in [0.1, 0.15) is 19.4 Å². The summed E-state index contributed by atoms with van der Waals surface area (Å²) in [7, 11) is 0. The Morgan fingerprint density at radius 3 is 2.73 bits per heavy atom. The number of hydrogen-bond donors (Lipinski definition) is 1. The van der Waals surface area contributed by atoms with Gasteiger partial charge in [0, 0.05) is 10.6 Å². The predicted octanol–water partition coefficient (Wildman–Crippen LogP) is 4.36. The van der Waals surface area contributed by atoms with Crippen LogP contribution in [0.2, 0.25) is 5.02 Å². The first-order valence-electron chi connectivity index (χ1n) is 8.21. The molecule has 0 saturated carbocycles. The first kappa shape index (κ1) is 17.9. The number of carbonyl (C=O) groups excluding carboxylic acids is 1. The van der Waals surface area contributed by atoms with Gasteiger partial charge in [-0.3, -0.25) is 10.1 Å². The minimum Gasteiger partial charge on any atom is -0.481 e. The number of halogens is 1. The van der Waals surface area contributed by atoms with Crippen LogP contribution in [-0.4, -0.2) is 22.2 Å². The van der Waals surface area contributed by atoms with E-state index in [1.807, 2.05) is 24.3 Å². The molecule has 0 unspecified atom stereocenters. The molecular formula is C19H18ClN3O3. The molecule has 7 heteroatoms. The van der Waals surface area contributed by atoms with Crippen LogP contribution in [0.5, 0.6) is 5.75 Å². The van der Waals surface area contributed by atoms with Crippen LogP contribution in [0.4, 0.5) is 5.95 Å². The van der Waals surface area contributed by atoms with Crippen molar-refractivity contribution < 1.29 is 14.1 Å². The van der Waals surface area contributed by atoms with Crippen LogP contribution in [0.3, 0.4) is 0 Å². The van der Waals surface area contributed by atoms with Crippen LogP contribution in [0, 0.1) is 0 Å². The molecule has 0 spiro atoms. The molecule has 6 nitrogen and oxygen atoms in total. The van der Waals surface area contributed by atoms with E-state index in [4.69, 9.17) is 20.9 Å². The zero-order valence-electron chi connectivity index (χ0n) is 14.4. The second kappa shape index (κ2) is 8.01. The van der Waals surface area contributed by atoms with Crippen LogP contribution in [-0.2, 0) is 11.2 Å². The third kappa shape index (κ3) is 4.40. The summed E-state index contributed by atoms with van der Waals surface area (Å²) >= 11 is 5.95. The minimum absolute atomic E-state index is 0.0711. The maximum Gasteiger partial charge on any atom is 0.270 e. The molecule has 0 saturated heterocycles. The van der Waals surface area contributed by atoms with E-state index in [0.717, 1.165) is 6.42 Å². The maximum atomic E-state index is 12.3. The van der Waals surface area contributed by atoms with Gasteiger partial charge in [-0.1, -0.05) is 36.7 Å². The highest BCUT2D eigenvalue weighted by Crippen LogP contribution is 2.22. The van der Waals surface area contributed by atoms with Crippen molar-refractivity contribution in [3.05, 3.63) is 59.1 Å². The van der Waals surface area contributed by atoms with Gasteiger partial charge in [-0.05, 0) is 54.4 Å². The van der Waals surface area contributed by atoms with Crippen molar-refractivity contribution in [3.8, 4) is 17.2 Å². The topological polar surface area (TPSA) is 77.2 Å². The number of aromatic nitrogens is 2. The van der Waals surface area contributed by atoms with Crippen molar-refractivity contribution in [2.75, 3.05) is 5.32 Å². The average Bonchev–Trinajstić information content (AvgIpc) is 3.11. The first-order valence-corrected chi connectivity index (χ1v) is 8.59. The van der Waals surface area contributed by atoms with Crippen LogP contribution < -0.4 is 10.1 Å². The number of carbonyl (C=O) groups is 1. The molecule has 26 heavy (non-hydrogen) atoms. The van der Waals surface area contributed by atoms with Gasteiger partial charge in [0.15, 0.2) is 6.10 Å². The van der Waals surface area contributed by atoms with Crippen molar-refractivity contribution in [2.24, 2.45) is 0 Å². The summed E-state index contributed by atoms with van der Waals surface area (Å²) in [6, 6.07) is 14.6. The van der Waals surface area contributed by atoms with Gasteiger partial charge < -0.3 is 9.26 Å². The van der Waals surface area contributed by atoms with E-state index in [1.165, 1.54) is 5.56 Å². The molecule has 1 aromatic heterocycles. The number of nitrogens with one attached hydrogen (secondary N) is 1. The summed E-state index contributed by atoms with van der Waals surface area (Å²) in [6.07, 6.45) is 0.235. The molecule has 0 aliphatic carbocycles. The third-order valence-corrected chi connectivity index (χ3v) is 3.98. The molecule has 0 radical (unpaired) electrons. The Kier molecular flexibility index (Phi) is 5.53. The summed E-state index contributed by atoms with van der Waals surface area (Å²) in [4.78, 5) is 16.4. The van der Waals surface area contributed by atoms with E-state index in [9.17, 15) is 4.79 Å². The predicted molar refractivity (Wildman–Crippen MR) is 99.3 cm³/mol. The second-order valence-corrected chi connectivity index (χ2v) is 6.12. The zero-order chi connectivity index (χ0) is 18.5. The smallest absolute Gasteiger partial charge is 0.270 e. The minimum atomic E-state index is -0.712. The van der Waals surface area contributed by atoms with E-state index in [0.29, 0.717) is 16.3 Å². The molecule has 1 N–H and O–H groups in total. The number of nitrogens with zero attached hydrogens (tertiary/aromatic N) is 2. The van der Waals surface area contributed by atoms with E-state index < -0.39 is 6.10 Å². The second-order valence-electron chi connectivity index (χ2n) is 5.68. The van der Waals surface area contributed by atoms with Crippen molar-refractivity contribution in [2.45, 2.75) is 26.4 Å². The summed E-state index contributed by atoms with van der Waals surface area (Å²) in [5, 5.41) is 6.89. The van der Waals surface area contributed by atoms with Gasteiger partial charge in [-0.2, -0.15) is 4.98 Å². The van der Waals surface area contributed by atoms with Gasteiger partial charge in [0.25, 0.3) is 17.7 Å². The van der Waals surface area contributed by atoms with Gasteiger partial charge in [-0.15, -0.1) is 0 Å². The SMILES string of the molecule is CCc1ccc(O[C@H](C)C(=O)Nc2noc(-c3cccc(Cl)c3)n2)cc1. The molecule has 3 rings (SSSR count). The van der Waals surface area contributed by atoms with Gasteiger partial charge >= 0.3 is 0 Å². The normalized spacial score (nSPS) is 11.8. The maximum absolute atomic E-state index is 12.3. The molecule has 0 aliphatic rings. The van der Waals surface area contributed by atoms with Gasteiger partial charge in [-0.25, -0.2) is 0 Å². The van der Waals surface area contributed by atoms with E-state index in [-0.39, 0.29) is 17.7 Å². The summed E-state index contributed by atoms with van der Waals surface area (Å²) in [5.41, 5.74) is 1.88. The fraction of sp³-hybridized carbons (Fsp3) is 0.211. The van der Waals surface area contributed by atoms with Crippen molar-refractivity contribution in [3.63, 3.8) is 0 Å². The van der Waals surface area contributed by atoms with Crippen molar-refractivity contribution in [1.29, 1.82) is 0 Å². The molecule has 134 valence electrons. The lowest BCUT2D eigenvalue weighted by Crippen LogP contribution is -2.30. The molecule has 0 bridgehead atoms. The Morgan fingerprint density at radius 2 is 2.04 bits per heavy atom. The molecule has 1 amide bonds. The Labute approximate surface area is 156 Å². The number of aryl methyl sites for hydroxylation is 1. The molecule has 0 fully saturated rings. The third-order valence-electron chi connectivity index (χ3n) is 3.75.